The summed E-state index contributed by atoms with van der Waals surface area (Å²) in [5, 5.41) is 3.50. The smallest absolute Gasteiger partial charge is 0.0794 e. The second-order valence-corrected chi connectivity index (χ2v) is 5.05. The minimum Gasteiger partial charge on any atom is -0.310 e. The van der Waals surface area contributed by atoms with E-state index in [1.54, 1.807) is 11.3 Å². The lowest BCUT2D eigenvalue weighted by Crippen LogP contribution is -2.22. The molecule has 0 saturated heterocycles. The number of thiazole rings is 1. The first kappa shape index (κ1) is 12.2. The van der Waals surface area contributed by atoms with Gasteiger partial charge in [-0.15, -0.1) is 11.3 Å². The van der Waals surface area contributed by atoms with Gasteiger partial charge in [0.1, 0.15) is 0 Å². The highest BCUT2D eigenvalue weighted by Crippen LogP contribution is 2.20. The number of nitrogens with zero attached hydrogens (tertiary/aromatic N) is 2. The summed E-state index contributed by atoms with van der Waals surface area (Å²) >= 11 is 1.70. The molecule has 3 nitrogen and oxygen atoms in total. The summed E-state index contributed by atoms with van der Waals surface area (Å²) in [6.45, 7) is 5.16. The fourth-order valence-electron chi connectivity index (χ4n) is 1.87. The van der Waals surface area contributed by atoms with Crippen LogP contribution in [0, 0.1) is 6.92 Å². The summed E-state index contributed by atoms with van der Waals surface area (Å²) < 4.78 is 0. The lowest BCUT2D eigenvalue weighted by Gasteiger charge is -2.17. The summed E-state index contributed by atoms with van der Waals surface area (Å²) in [6, 6.07) is 2.52. The first-order chi connectivity index (χ1) is 8.29. The SMILES string of the molecule is CCNC(Cc1cncs1)c1cncc(C)c1. The second-order valence-electron chi connectivity index (χ2n) is 4.08. The van der Waals surface area contributed by atoms with Crippen molar-refractivity contribution >= 4 is 11.3 Å². The van der Waals surface area contributed by atoms with Gasteiger partial charge in [0.25, 0.3) is 0 Å². The van der Waals surface area contributed by atoms with Crippen LogP contribution in [0.15, 0.2) is 30.2 Å². The molecule has 4 heteroatoms. The quantitative estimate of drug-likeness (QED) is 0.883. The molecule has 0 aliphatic rings. The zero-order valence-electron chi connectivity index (χ0n) is 10.2. The molecule has 0 bridgehead atoms. The molecule has 1 unspecified atom stereocenters. The first-order valence-corrected chi connectivity index (χ1v) is 6.70. The number of aryl methyl sites for hydroxylation is 1. The van der Waals surface area contributed by atoms with E-state index >= 15 is 0 Å². The van der Waals surface area contributed by atoms with E-state index in [9.17, 15) is 0 Å². The van der Waals surface area contributed by atoms with Crippen LogP contribution in [-0.2, 0) is 6.42 Å². The molecule has 0 spiro atoms. The average Bonchev–Trinajstić information content (AvgIpc) is 2.81. The van der Waals surface area contributed by atoms with Crippen molar-refractivity contribution in [1.82, 2.24) is 15.3 Å². The van der Waals surface area contributed by atoms with Crippen LogP contribution >= 0.6 is 11.3 Å². The predicted molar refractivity (Wildman–Crippen MR) is 71.2 cm³/mol. The van der Waals surface area contributed by atoms with Gasteiger partial charge in [0.05, 0.1) is 5.51 Å². The van der Waals surface area contributed by atoms with E-state index in [4.69, 9.17) is 0 Å². The van der Waals surface area contributed by atoms with Gasteiger partial charge in [0.15, 0.2) is 0 Å². The van der Waals surface area contributed by atoms with E-state index in [2.05, 4.69) is 35.2 Å². The zero-order chi connectivity index (χ0) is 12.1. The summed E-state index contributed by atoms with van der Waals surface area (Å²) in [5.41, 5.74) is 4.34. The molecule has 0 aromatic carbocycles. The predicted octanol–water partition coefficient (Wildman–Crippen LogP) is 2.74. The molecule has 2 rings (SSSR count). The van der Waals surface area contributed by atoms with Gasteiger partial charge in [0, 0.05) is 35.9 Å². The maximum Gasteiger partial charge on any atom is 0.0794 e. The standard InChI is InChI=1S/C13H17N3S/c1-3-16-13(5-12-8-15-9-17-12)11-4-10(2)6-14-7-11/h4,6-9,13,16H,3,5H2,1-2H3. The summed E-state index contributed by atoms with van der Waals surface area (Å²) in [4.78, 5) is 9.69. The van der Waals surface area contributed by atoms with E-state index in [0.29, 0.717) is 6.04 Å². The lowest BCUT2D eigenvalue weighted by atomic mass is 10.0. The van der Waals surface area contributed by atoms with Gasteiger partial charge in [-0.1, -0.05) is 13.0 Å². The van der Waals surface area contributed by atoms with Gasteiger partial charge >= 0.3 is 0 Å². The summed E-state index contributed by atoms with van der Waals surface area (Å²) in [7, 11) is 0. The van der Waals surface area contributed by atoms with Crippen molar-refractivity contribution < 1.29 is 0 Å². The maximum atomic E-state index is 4.26. The molecule has 17 heavy (non-hydrogen) atoms. The minimum atomic E-state index is 0.327. The third-order valence-electron chi connectivity index (χ3n) is 2.64. The Hall–Kier alpha value is -1.26. The van der Waals surface area contributed by atoms with Gasteiger partial charge in [0.2, 0.25) is 0 Å². The van der Waals surface area contributed by atoms with E-state index < -0.39 is 0 Å². The number of aromatic nitrogens is 2. The molecule has 0 radical (unpaired) electrons. The van der Waals surface area contributed by atoms with Gasteiger partial charge < -0.3 is 5.32 Å². The molecule has 0 aliphatic heterocycles. The van der Waals surface area contributed by atoms with Crippen LogP contribution in [0.5, 0.6) is 0 Å². The third-order valence-corrected chi connectivity index (χ3v) is 3.44. The normalized spacial score (nSPS) is 12.6. The molecule has 0 aliphatic carbocycles. The van der Waals surface area contributed by atoms with Gasteiger partial charge in [-0.3, -0.25) is 9.97 Å². The molecule has 2 aromatic rings. The Morgan fingerprint density at radius 1 is 1.29 bits per heavy atom. The Morgan fingerprint density at radius 3 is 2.82 bits per heavy atom. The Balaban J connectivity index is 2.16. The number of hydrogen-bond donors (Lipinski definition) is 1. The van der Waals surface area contributed by atoms with Crippen LogP contribution in [0.1, 0.15) is 29.0 Å². The Labute approximate surface area is 106 Å². The van der Waals surface area contributed by atoms with E-state index in [-0.39, 0.29) is 0 Å². The Morgan fingerprint density at radius 2 is 2.18 bits per heavy atom. The van der Waals surface area contributed by atoms with Crippen molar-refractivity contribution in [3.8, 4) is 0 Å². The van der Waals surface area contributed by atoms with Crippen molar-refractivity contribution in [2.45, 2.75) is 26.3 Å². The molecule has 1 N–H and O–H groups in total. The van der Waals surface area contributed by atoms with E-state index in [1.165, 1.54) is 16.0 Å². The molecule has 90 valence electrons. The number of hydrogen-bond acceptors (Lipinski definition) is 4. The number of pyridine rings is 1. The fourth-order valence-corrected chi connectivity index (χ4v) is 2.51. The molecule has 1 atom stereocenters. The van der Waals surface area contributed by atoms with Crippen LogP contribution in [0.3, 0.4) is 0 Å². The zero-order valence-corrected chi connectivity index (χ0v) is 11.0. The Kier molecular flexibility index (Phi) is 4.23. The Bertz CT molecular complexity index is 453. The molecule has 2 aromatic heterocycles. The molecular weight excluding hydrogens is 230 g/mol. The topological polar surface area (TPSA) is 37.8 Å². The highest BCUT2D eigenvalue weighted by molar-refractivity contribution is 7.09. The van der Waals surface area contributed by atoms with Crippen LogP contribution in [0.25, 0.3) is 0 Å². The molecule has 2 heterocycles. The third kappa shape index (κ3) is 3.35. The monoisotopic (exact) mass is 247 g/mol. The highest BCUT2D eigenvalue weighted by Gasteiger charge is 2.12. The largest absolute Gasteiger partial charge is 0.310 e. The van der Waals surface area contributed by atoms with Crippen molar-refractivity contribution in [1.29, 1.82) is 0 Å². The van der Waals surface area contributed by atoms with E-state index in [1.807, 2.05) is 24.1 Å². The van der Waals surface area contributed by atoms with Crippen LogP contribution in [-0.4, -0.2) is 16.5 Å². The van der Waals surface area contributed by atoms with Crippen molar-refractivity contribution in [3.05, 3.63) is 46.2 Å². The summed E-state index contributed by atoms with van der Waals surface area (Å²) in [6.07, 6.45) is 6.75. The molecule has 0 saturated carbocycles. The lowest BCUT2D eigenvalue weighted by molar-refractivity contribution is 0.551. The van der Waals surface area contributed by atoms with Gasteiger partial charge in [-0.25, -0.2) is 0 Å². The number of likely N-dealkylation sites (N-methyl/N-ethyl adjacent to an activating group) is 1. The average molecular weight is 247 g/mol. The molecular formula is C13H17N3S. The van der Waals surface area contributed by atoms with Crippen molar-refractivity contribution in [2.24, 2.45) is 0 Å². The minimum absolute atomic E-state index is 0.327. The second kappa shape index (κ2) is 5.89. The summed E-state index contributed by atoms with van der Waals surface area (Å²) in [5.74, 6) is 0. The number of rotatable bonds is 5. The first-order valence-electron chi connectivity index (χ1n) is 5.82. The molecule has 0 amide bonds. The van der Waals surface area contributed by atoms with E-state index in [0.717, 1.165) is 13.0 Å². The van der Waals surface area contributed by atoms with Gasteiger partial charge in [-0.2, -0.15) is 0 Å². The highest BCUT2D eigenvalue weighted by atomic mass is 32.1. The maximum absolute atomic E-state index is 4.26. The number of nitrogens with one attached hydrogen (secondary N) is 1. The van der Waals surface area contributed by atoms with Gasteiger partial charge in [-0.05, 0) is 24.6 Å². The van der Waals surface area contributed by atoms with Crippen LogP contribution < -0.4 is 5.32 Å². The van der Waals surface area contributed by atoms with Crippen molar-refractivity contribution in [3.63, 3.8) is 0 Å². The van der Waals surface area contributed by atoms with Crippen molar-refractivity contribution in [2.75, 3.05) is 6.54 Å². The van der Waals surface area contributed by atoms with Crippen LogP contribution in [0.4, 0.5) is 0 Å². The van der Waals surface area contributed by atoms with Crippen LogP contribution in [0.2, 0.25) is 0 Å². The fraction of sp³-hybridized carbons (Fsp3) is 0.385. The molecule has 0 fully saturated rings.